The van der Waals surface area contributed by atoms with Gasteiger partial charge in [-0.15, -0.1) is 0 Å². The molecule has 0 amide bonds. The lowest BCUT2D eigenvalue weighted by atomic mass is 9.89. The molecule has 0 aromatic heterocycles. The molecule has 0 heterocycles. The number of nitrogens with zero attached hydrogens (tertiary/aromatic N) is 1. The number of benzene rings is 2. The third kappa shape index (κ3) is 2.61. The first kappa shape index (κ1) is 12.4. The first-order valence-electron chi connectivity index (χ1n) is 5.61. The summed E-state index contributed by atoms with van der Waals surface area (Å²) in [6, 6.07) is 19.3. The largest absolute Gasteiger partial charge is 0.197 e. The van der Waals surface area contributed by atoms with Crippen molar-refractivity contribution in [3.8, 4) is 6.07 Å². The normalized spacial score (nSPS) is 11.6. The molecule has 1 atom stereocenters. The summed E-state index contributed by atoms with van der Waals surface area (Å²) in [7, 11) is 0. The van der Waals surface area contributed by atoms with Crippen LogP contribution in [0.3, 0.4) is 0 Å². The molecule has 0 fully saturated rings. The molecule has 0 radical (unpaired) electrons. The van der Waals surface area contributed by atoms with E-state index in [9.17, 15) is 5.26 Å². The maximum Gasteiger partial charge on any atom is 0.0962 e. The van der Waals surface area contributed by atoms with Gasteiger partial charge in [0.25, 0.3) is 0 Å². The molecule has 0 bridgehead atoms. The average Bonchev–Trinajstić information content (AvgIpc) is 2.41. The molecule has 2 aromatic carbocycles. The fourth-order valence-electron chi connectivity index (χ4n) is 1.83. The summed E-state index contributed by atoms with van der Waals surface area (Å²) in [5, 5.41) is 10.0. The topological polar surface area (TPSA) is 23.8 Å². The van der Waals surface area contributed by atoms with Crippen molar-refractivity contribution in [3.05, 3.63) is 77.3 Å². The Labute approximate surface area is 112 Å². The summed E-state index contributed by atoms with van der Waals surface area (Å²) in [6.07, 6.45) is 0. The van der Waals surface area contributed by atoms with Crippen LogP contribution in [-0.4, -0.2) is 0 Å². The fraction of sp³-hybridized carbons (Fsp3) is 0.0625. The molecule has 18 heavy (non-hydrogen) atoms. The van der Waals surface area contributed by atoms with Gasteiger partial charge in [-0.25, -0.2) is 0 Å². The summed E-state index contributed by atoms with van der Waals surface area (Å²) >= 11 is 5.85. The highest BCUT2D eigenvalue weighted by molar-refractivity contribution is 6.30. The predicted octanol–water partition coefficient (Wildman–Crippen LogP) is 4.66. The Morgan fingerprint density at radius 3 is 2.22 bits per heavy atom. The van der Waals surface area contributed by atoms with Gasteiger partial charge in [0.15, 0.2) is 0 Å². The molecule has 0 spiro atoms. The fourth-order valence-corrected chi connectivity index (χ4v) is 1.96. The molecule has 1 nitrogen and oxygen atoms in total. The van der Waals surface area contributed by atoms with E-state index in [1.807, 2.05) is 54.6 Å². The summed E-state index contributed by atoms with van der Waals surface area (Å²) < 4.78 is 0. The Balaban J connectivity index is 2.32. The Morgan fingerprint density at radius 2 is 1.67 bits per heavy atom. The van der Waals surface area contributed by atoms with Gasteiger partial charge in [0.05, 0.1) is 12.0 Å². The smallest absolute Gasteiger partial charge is 0.0962 e. The van der Waals surface area contributed by atoms with Gasteiger partial charge < -0.3 is 0 Å². The Bertz CT molecular complexity index is 579. The number of hydrogen-bond donors (Lipinski definition) is 0. The van der Waals surface area contributed by atoms with Gasteiger partial charge in [0, 0.05) is 5.02 Å². The van der Waals surface area contributed by atoms with Crippen LogP contribution in [0.1, 0.15) is 17.0 Å². The van der Waals surface area contributed by atoms with Crippen molar-refractivity contribution in [3.63, 3.8) is 0 Å². The first-order valence-corrected chi connectivity index (χ1v) is 5.99. The first-order chi connectivity index (χ1) is 8.72. The second-order valence-corrected chi connectivity index (χ2v) is 4.44. The quantitative estimate of drug-likeness (QED) is 0.780. The Hall–Kier alpha value is -2.04. The highest BCUT2D eigenvalue weighted by Gasteiger charge is 2.15. The van der Waals surface area contributed by atoms with Crippen LogP contribution in [0.15, 0.2) is 61.2 Å². The molecular formula is C16H12ClN. The molecular weight excluding hydrogens is 242 g/mol. The zero-order valence-corrected chi connectivity index (χ0v) is 10.6. The van der Waals surface area contributed by atoms with Gasteiger partial charge in [0.2, 0.25) is 0 Å². The lowest BCUT2D eigenvalue weighted by Gasteiger charge is -2.13. The van der Waals surface area contributed by atoms with E-state index in [0.717, 1.165) is 16.7 Å². The van der Waals surface area contributed by atoms with E-state index >= 15 is 0 Å². The second kappa shape index (κ2) is 5.53. The van der Waals surface area contributed by atoms with Crippen molar-refractivity contribution in [1.29, 1.82) is 5.26 Å². The minimum atomic E-state index is -0.327. The summed E-state index contributed by atoms with van der Waals surface area (Å²) in [4.78, 5) is 0. The number of halogens is 1. The summed E-state index contributed by atoms with van der Waals surface area (Å²) in [6.45, 7) is 4.04. The molecule has 2 aromatic rings. The van der Waals surface area contributed by atoms with Crippen molar-refractivity contribution in [2.24, 2.45) is 0 Å². The van der Waals surface area contributed by atoms with Crippen LogP contribution in [-0.2, 0) is 0 Å². The van der Waals surface area contributed by atoms with E-state index in [2.05, 4.69) is 12.6 Å². The molecule has 0 aliphatic heterocycles. The summed E-state index contributed by atoms with van der Waals surface area (Å²) in [5.41, 5.74) is 2.69. The van der Waals surface area contributed by atoms with Gasteiger partial charge in [-0.1, -0.05) is 60.6 Å². The third-order valence-electron chi connectivity index (χ3n) is 2.83. The van der Waals surface area contributed by atoms with Gasteiger partial charge in [-0.3, -0.25) is 0 Å². The third-order valence-corrected chi connectivity index (χ3v) is 3.08. The lowest BCUT2D eigenvalue weighted by molar-refractivity contribution is 1.11. The molecule has 2 rings (SSSR count). The van der Waals surface area contributed by atoms with Crippen molar-refractivity contribution in [1.82, 2.24) is 0 Å². The van der Waals surface area contributed by atoms with Crippen molar-refractivity contribution in [2.45, 2.75) is 5.92 Å². The number of hydrogen-bond acceptors (Lipinski definition) is 1. The maximum absolute atomic E-state index is 9.33. The Kier molecular flexibility index (Phi) is 3.82. The van der Waals surface area contributed by atoms with E-state index in [1.54, 1.807) is 0 Å². The van der Waals surface area contributed by atoms with Crippen molar-refractivity contribution in [2.75, 3.05) is 0 Å². The van der Waals surface area contributed by atoms with Crippen LogP contribution in [0.25, 0.3) is 5.57 Å². The van der Waals surface area contributed by atoms with Gasteiger partial charge in [-0.05, 0) is 28.8 Å². The minimum Gasteiger partial charge on any atom is -0.197 e. The van der Waals surface area contributed by atoms with Gasteiger partial charge in [-0.2, -0.15) is 5.26 Å². The van der Waals surface area contributed by atoms with Gasteiger partial charge >= 0.3 is 0 Å². The van der Waals surface area contributed by atoms with Crippen molar-refractivity contribution >= 4 is 17.2 Å². The molecule has 0 saturated carbocycles. The van der Waals surface area contributed by atoms with Crippen LogP contribution < -0.4 is 0 Å². The van der Waals surface area contributed by atoms with Crippen LogP contribution in [0.2, 0.25) is 5.02 Å². The van der Waals surface area contributed by atoms with E-state index in [1.165, 1.54) is 0 Å². The zero-order valence-electron chi connectivity index (χ0n) is 9.81. The molecule has 0 aliphatic carbocycles. The maximum atomic E-state index is 9.33. The lowest BCUT2D eigenvalue weighted by Crippen LogP contribution is -1.98. The molecule has 1 unspecified atom stereocenters. The SMILES string of the molecule is C=C(c1ccc(Cl)cc1)C(C#N)c1ccccc1. The molecule has 0 N–H and O–H groups in total. The second-order valence-electron chi connectivity index (χ2n) is 4.00. The predicted molar refractivity (Wildman–Crippen MR) is 75.3 cm³/mol. The summed E-state index contributed by atoms with van der Waals surface area (Å²) in [5.74, 6) is -0.327. The zero-order chi connectivity index (χ0) is 13.0. The van der Waals surface area contributed by atoms with Crippen LogP contribution >= 0.6 is 11.6 Å². The van der Waals surface area contributed by atoms with Gasteiger partial charge in [0.1, 0.15) is 0 Å². The minimum absolute atomic E-state index is 0.327. The van der Waals surface area contributed by atoms with Crippen LogP contribution in [0.4, 0.5) is 0 Å². The molecule has 0 saturated heterocycles. The van der Waals surface area contributed by atoms with Crippen LogP contribution in [0, 0.1) is 11.3 Å². The van der Waals surface area contributed by atoms with E-state index < -0.39 is 0 Å². The highest BCUT2D eigenvalue weighted by atomic mass is 35.5. The highest BCUT2D eigenvalue weighted by Crippen LogP contribution is 2.30. The Morgan fingerprint density at radius 1 is 1.06 bits per heavy atom. The molecule has 0 aliphatic rings. The number of rotatable bonds is 3. The van der Waals surface area contributed by atoms with E-state index in [4.69, 9.17) is 11.6 Å². The van der Waals surface area contributed by atoms with Crippen molar-refractivity contribution < 1.29 is 0 Å². The van der Waals surface area contributed by atoms with Crippen LogP contribution in [0.5, 0.6) is 0 Å². The number of allylic oxidation sites excluding steroid dienone is 1. The van der Waals surface area contributed by atoms with E-state index in [-0.39, 0.29) is 5.92 Å². The van der Waals surface area contributed by atoms with E-state index in [0.29, 0.717) is 5.02 Å². The molecule has 2 heteroatoms. The number of nitriles is 1. The monoisotopic (exact) mass is 253 g/mol. The standard InChI is InChI=1S/C16H12ClN/c1-12(13-7-9-15(17)10-8-13)16(11-18)14-5-3-2-4-6-14/h2-10,16H,1H2. The average molecular weight is 254 g/mol. The molecule has 88 valence electrons.